The van der Waals surface area contributed by atoms with Gasteiger partial charge in [0.25, 0.3) is 11.8 Å². The molecule has 7 rings (SSSR count). The normalized spacial score (nSPS) is 18.6. The number of aryl methyl sites for hydroxylation is 1. The molecule has 1 unspecified atom stereocenters. The molecule has 3 aliphatic rings. The molecule has 242 valence electrons. The average Bonchev–Trinajstić information content (AvgIpc) is 3.66. The fourth-order valence-corrected chi connectivity index (χ4v) is 6.72. The molecule has 5 heterocycles. The maximum Gasteiger partial charge on any atom is 0.262 e. The SMILES string of the molecule is O=C1CCC(N2C(=O)c3ccc(NCCCCCCn4cc(-c5cnc6cccc(C7CCOCC7)c6n5)cn4)cc3C2=O)C(=O)N1. The fraction of sp³-hybridized carbons (Fsp3) is 0.400. The summed E-state index contributed by atoms with van der Waals surface area (Å²) in [7, 11) is 0. The van der Waals surface area contributed by atoms with Gasteiger partial charge in [0.1, 0.15) is 6.04 Å². The van der Waals surface area contributed by atoms with Crippen molar-refractivity contribution in [2.75, 3.05) is 25.1 Å². The van der Waals surface area contributed by atoms with Crippen LogP contribution >= 0.6 is 0 Å². The molecule has 2 fully saturated rings. The summed E-state index contributed by atoms with van der Waals surface area (Å²) in [5.74, 6) is -1.56. The van der Waals surface area contributed by atoms with E-state index in [0.29, 0.717) is 5.92 Å². The largest absolute Gasteiger partial charge is 0.385 e. The highest BCUT2D eigenvalue weighted by Gasteiger charge is 2.44. The molecule has 47 heavy (non-hydrogen) atoms. The van der Waals surface area contributed by atoms with Crippen LogP contribution in [0.25, 0.3) is 22.3 Å². The van der Waals surface area contributed by atoms with Crippen molar-refractivity contribution in [3.05, 3.63) is 71.7 Å². The van der Waals surface area contributed by atoms with Gasteiger partial charge in [0.15, 0.2) is 0 Å². The van der Waals surface area contributed by atoms with E-state index in [-0.39, 0.29) is 24.0 Å². The third-order valence-electron chi connectivity index (χ3n) is 9.28. The van der Waals surface area contributed by atoms with Crippen molar-refractivity contribution >= 4 is 40.3 Å². The van der Waals surface area contributed by atoms with Gasteiger partial charge >= 0.3 is 0 Å². The second-order valence-corrected chi connectivity index (χ2v) is 12.4. The van der Waals surface area contributed by atoms with E-state index >= 15 is 0 Å². The number of anilines is 1. The number of hydrogen-bond acceptors (Lipinski definition) is 9. The summed E-state index contributed by atoms with van der Waals surface area (Å²) in [6, 6.07) is 10.4. The van der Waals surface area contributed by atoms with Crippen LogP contribution in [0.3, 0.4) is 0 Å². The van der Waals surface area contributed by atoms with E-state index in [1.54, 1.807) is 18.2 Å². The third-order valence-corrected chi connectivity index (χ3v) is 9.28. The molecule has 0 aliphatic carbocycles. The van der Waals surface area contributed by atoms with Crippen LogP contribution < -0.4 is 10.6 Å². The molecule has 2 aromatic carbocycles. The monoisotopic (exact) mass is 635 g/mol. The number of ether oxygens (including phenoxy) is 1. The van der Waals surface area contributed by atoms with Gasteiger partial charge in [0, 0.05) is 50.2 Å². The highest BCUT2D eigenvalue weighted by atomic mass is 16.5. The molecule has 3 aliphatic heterocycles. The molecule has 2 saturated heterocycles. The highest BCUT2D eigenvalue weighted by molar-refractivity contribution is 6.23. The van der Waals surface area contributed by atoms with E-state index in [1.165, 1.54) is 5.56 Å². The van der Waals surface area contributed by atoms with Crippen LogP contribution in [-0.4, -0.2) is 74.1 Å². The molecule has 0 saturated carbocycles. The lowest BCUT2D eigenvalue weighted by Crippen LogP contribution is -2.54. The number of imide groups is 2. The Morgan fingerprint density at radius 3 is 2.60 bits per heavy atom. The number of rotatable bonds is 11. The number of benzene rings is 2. The summed E-state index contributed by atoms with van der Waals surface area (Å²) < 4.78 is 7.53. The molecule has 2 aromatic heterocycles. The van der Waals surface area contributed by atoms with E-state index in [9.17, 15) is 19.2 Å². The predicted molar refractivity (Wildman–Crippen MR) is 174 cm³/mol. The zero-order valence-corrected chi connectivity index (χ0v) is 26.1. The van der Waals surface area contributed by atoms with E-state index in [4.69, 9.17) is 14.7 Å². The van der Waals surface area contributed by atoms with Crippen molar-refractivity contribution in [3.8, 4) is 11.3 Å². The van der Waals surface area contributed by atoms with Crippen LogP contribution in [0.1, 0.15) is 83.6 Å². The van der Waals surface area contributed by atoms with Crippen LogP contribution in [0.2, 0.25) is 0 Å². The van der Waals surface area contributed by atoms with Crippen LogP contribution in [0.5, 0.6) is 0 Å². The Bertz CT molecular complexity index is 1850. The number of fused-ring (bicyclic) bond motifs is 2. The summed E-state index contributed by atoms with van der Waals surface area (Å²) in [5, 5.41) is 10.1. The zero-order chi connectivity index (χ0) is 32.3. The quantitative estimate of drug-likeness (QED) is 0.180. The van der Waals surface area contributed by atoms with Gasteiger partial charge in [-0.05, 0) is 67.9 Å². The molecular weight excluding hydrogens is 598 g/mol. The number of unbranched alkanes of at least 4 members (excludes halogenated alkanes) is 3. The van der Waals surface area contributed by atoms with E-state index in [0.717, 1.165) is 97.7 Å². The molecule has 0 bridgehead atoms. The first-order valence-electron chi connectivity index (χ1n) is 16.4. The molecule has 2 N–H and O–H groups in total. The number of nitrogens with zero attached hydrogens (tertiary/aromatic N) is 5. The molecule has 0 radical (unpaired) electrons. The molecule has 12 heteroatoms. The second kappa shape index (κ2) is 13.4. The molecular formula is C35H37N7O5. The number of carbonyl (C=O) groups is 4. The number of para-hydroxylation sites is 1. The minimum atomic E-state index is -0.965. The first kappa shape index (κ1) is 30.7. The lowest BCUT2D eigenvalue weighted by atomic mass is 9.90. The lowest BCUT2D eigenvalue weighted by molar-refractivity contribution is -0.136. The van der Waals surface area contributed by atoms with Gasteiger partial charge < -0.3 is 10.1 Å². The molecule has 1 atom stereocenters. The van der Waals surface area contributed by atoms with E-state index in [2.05, 4.69) is 27.9 Å². The Kier molecular flexibility index (Phi) is 8.75. The van der Waals surface area contributed by atoms with Gasteiger partial charge in [0.2, 0.25) is 11.8 Å². The van der Waals surface area contributed by atoms with Crippen molar-refractivity contribution in [2.45, 2.75) is 69.9 Å². The Hall–Kier alpha value is -4.97. The summed E-state index contributed by atoms with van der Waals surface area (Å²) in [6.45, 7) is 3.10. The number of carbonyl (C=O) groups excluding carboxylic acids is 4. The Labute approximate surface area is 271 Å². The number of nitrogens with one attached hydrogen (secondary N) is 2. The smallest absolute Gasteiger partial charge is 0.262 e. The third kappa shape index (κ3) is 6.37. The first-order valence-corrected chi connectivity index (χ1v) is 16.4. The maximum absolute atomic E-state index is 13.1. The van der Waals surface area contributed by atoms with Crippen molar-refractivity contribution in [1.82, 2.24) is 30.0 Å². The van der Waals surface area contributed by atoms with Gasteiger partial charge in [0.05, 0.1) is 40.2 Å². The highest BCUT2D eigenvalue weighted by Crippen LogP contribution is 2.32. The van der Waals surface area contributed by atoms with Gasteiger partial charge in [-0.15, -0.1) is 0 Å². The van der Waals surface area contributed by atoms with Crippen molar-refractivity contribution in [3.63, 3.8) is 0 Å². The van der Waals surface area contributed by atoms with Crippen molar-refractivity contribution < 1.29 is 23.9 Å². The van der Waals surface area contributed by atoms with Gasteiger partial charge in [-0.3, -0.25) is 39.1 Å². The predicted octanol–water partition coefficient (Wildman–Crippen LogP) is 4.46. The number of amides is 4. The molecule has 0 spiro atoms. The fourth-order valence-electron chi connectivity index (χ4n) is 6.72. The van der Waals surface area contributed by atoms with E-state index in [1.807, 2.05) is 29.3 Å². The van der Waals surface area contributed by atoms with Gasteiger partial charge in [-0.25, -0.2) is 4.98 Å². The van der Waals surface area contributed by atoms with Crippen LogP contribution in [0.15, 0.2) is 55.0 Å². The summed E-state index contributed by atoms with van der Waals surface area (Å²) >= 11 is 0. The Balaban J connectivity index is 0.872. The number of hydrogen-bond donors (Lipinski definition) is 2. The molecule has 4 aromatic rings. The second-order valence-electron chi connectivity index (χ2n) is 12.4. The standard InChI is InChI=1S/C35H37N7O5/c43-31-11-10-30(33(44)40-31)42-34(45)26-9-8-24(18-27(26)35(42)46)36-14-3-1-2-4-15-41-21-23(19-38-41)29-20-37-28-7-5-6-25(32(28)39-29)22-12-16-47-17-13-22/h5-9,18-22,30,36H,1-4,10-17H2,(H,40,43,44). The van der Waals surface area contributed by atoms with E-state index < -0.39 is 29.7 Å². The number of piperidine rings is 1. The lowest BCUT2D eigenvalue weighted by Gasteiger charge is -2.27. The molecule has 12 nitrogen and oxygen atoms in total. The first-order chi connectivity index (χ1) is 23.0. The molecule has 4 amide bonds. The maximum atomic E-state index is 13.1. The summed E-state index contributed by atoms with van der Waals surface area (Å²) in [6.07, 6.45) is 12.0. The summed E-state index contributed by atoms with van der Waals surface area (Å²) in [5.41, 5.74) is 6.21. The topological polar surface area (TPSA) is 148 Å². The zero-order valence-electron chi connectivity index (χ0n) is 26.1. The Morgan fingerprint density at radius 2 is 1.74 bits per heavy atom. The van der Waals surface area contributed by atoms with Crippen LogP contribution in [-0.2, 0) is 20.9 Å². The number of aromatic nitrogens is 4. The van der Waals surface area contributed by atoms with Crippen molar-refractivity contribution in [2.24, 2.45) is 0 Å². The Morgan fingerprint density at radius 1 is 0.915 bits per heavy atom. The minimum Gasteiger partial charge on any atom is -0.385 e. The van der Waals surface area contributed by atoms with Gasteiger partial charge in [-0.1, -0.05) is 25.0 Å². The van der Waals surface area contributed by atoms with Crippen LogP contribution in [0, 0.1) is 0 Å². The van der Waals surface area contributed by atoms with Crippen LogP contribution in [0.4, 0.5) is 5.69 Å². The minimum absolute atomic E-state index is 0.0954. The average molecular weight is 636 g/mol. The summed E-state index contributed by atoms with van der Waals surface area (Å²) in [4.78, 5) is 60.4. The van der Waals surface area contributed by atoms with Gasteiger partial charge in [-0.2, -0.15) is 5.10 Å². The van der Waals surface area contributed by atoms with Crippen molar-refractivity contribution in [1.29, 1.82) is 0 Å².